The number of fused-ring (bicyclic) bond motifs is 1. The van der Waals surface area contributed by atoms with Gasteiger partial charge in [0.05, 0.1) is 18.3 Å². The molecule has 3 rings (SSSR count). The molecule has 0 radical (unpaired) electrons. The molecule has 1 amide bonds. The highest BCUT2D eigenvalue weighted by Gasteiger charge is 2.28. The number of aromatic amines is 1. The maximum absolute atomic E-state index is 11.1. The van der Waals surface area contributed by atoms with Crippen molar-refractivity contribution in [1.29, 1.82) is 0 Å². The summed E-state index contributed by atoms with van der Waals surface area (Å²) < 4.78 is 1.04. The Morgan fingerprint density at radius 3 is 3.00 bits per heavy atom. The Morgan fingerprint density at radius 2 is 2.28 bits per heavy atom. The molecule has 1 aromatic carbocycles. The molecule has 132 valence electrons. The van der Waals surface area contributed by atoms with Crippen molar-refractivity contribution in [3.05, 3.63) is 46.2 Å². The van der Waals surface area contributed by atoms with E-state index in [0.717, 1.165) is 21.1 Å². The van der Waals surface area contributed by atoms with E-state index in [1.54, 1.807) is 11.6 Å². The van der Waals surface area contributed by atoms with E-state index in [1.165, 1.54) is 0 Å². The normalized spacial score (nSPS) is 17.0. The van der Waals surface area contributed by atoms with E-state index in [-0.39, 0.29) is 12.5 Å². The van der Waals surface area contributed by atoms with Gasteiger partial charge in [-0.1, -0.05) is 35.0 Å². The Labute approximate surface area is 153 Å². The number of hydrogen-bond donors (Lipinski definition) is 3. The number of nitrogens with zero attached hydrogens (tertiary/aromatic N) is 3. The van der Waals surface area contributed by atoms with Gasteiger partial charge in [0.1, 0.15) is 0 Å². The number of rotatable bonds is 5. The highest BCUT2D eigenvalue weighted by atomic mass is 79.9. The second-order valence-corrected chi connectivity index (χ2v) is 7.28. The Bertz CT molecular complexity index is 843. The van der Waals surface area contributed by atoms with Gasteiger partial charge in [-0.05, 0) is 36.3 Å². The van der Waals surface area contributed by atoms with Crippen molar-refractivity contribution in [1.82, 2.24) is 15.5 Å². The van der Waals surface area contributed by atoms with Crippen molar-refractivity contribution < 1.29 is 10.0 Å². The lowest BCUT2D eigenvalue weighted by molar-refractivity contribution is -0.128. The Balaban J connectivity index is 1.82. The fraction of sp³-hybridized carbons (Fsp3) is 0.353. The summed E-state index contributed by atoms with van der Waals surface area (Å²) in [4.78, 5) is 14.6. The minimum absolute atomic E-state index is 0.0486. The third-order valence-electron chi connectivity index (χ3n) is 4.13. The van der Waals surface area contributed by atoms with Gasteiger partial charge in [-0.25, -0.2) is 5.48 Å². The first-order valence-electron chi connectivity index (χ1n) is 8.06. The molecule has 0 bridgehead atoms. The van der Waals surface area contributed by atoms with E-state index < -0.39 is 5.91 Å². The van der Waals surface area contributed by atoms with E-state index >= 15 is 0 Å². The molecule has 1 atom stereocenters. The topological polar surface area (TPSA) is 93.1 Å². The summed E-state index contributed by atoms with van der Waals surface area (Å²) in [6.07, 6.45) is 1.75. The molecule has 0 spiro atoms. The van der Waals surface area contributed by atoms with Gasteiger partial charge < -0.3 is 4.98 Å². The number of carbonyl (C=O) groups excluding carboxylic acids is 1. The van der Waals surface area contributed by atoms with Crippen LogP contribution in [0.4, 0.5) is 0 Å². The molecule has 0 saturated heterocycles. The zero-order valence-corrected chi connectivity index (χ0v) is 15.6. The van der Waals surface area contributed by atoms with E-state index in [1.807, 2.05) is 17.1 Å². The fourth-order valence-corrected chi connectivity index (χ4v) is 3.39. The number of benzene rings is 1. The molecule has 1 aliphatic heterocycles. The van der Waals surface area contributed by atoms with Crippen LogP contribution in [-0.2, 0) is 4.79 Å². The predicted octanol–water partition coefficient (Wildman–Crippen LogP) is 4.09. The van der Waals surface area contributed by atoms with Crippen LogP contribution in [0, 0.1) is 5.92 Å². The standard InChI is InChI=1S/C17H20BrN5O2/c1-10(2)17(15-8-11-7-12(18)3-5-14(11)19-15)23-9-13(20-22-23)4-6-16(24)21-25/h3-5,7-8,10,17,19,25H,6,9H2,1-2H3,(H,21,24)/b13-4-. The van der Waals surface area contributed by atoms with Gasteiger partial charge in [-0.3, -0.25) is 15.0 Å². The van der Waals surface area contributed by atoms with Crippen molar-refractivity contribution in [2.45, 2.75) is 26.3 Å². The van der Waals surface area contributed by atoms with E-state index in [4.69, 9.17) is 5.21 Å². The largest absolute Gasteiger partial charge is 0.357 e. The van der Waals surface area contributed by atoms with Crippen LogP contribution >= 0.6 is 15.9 Å². The van der Waals surface area contributed by atoms with Gasteiger partial charge in [0.15, 0.2) is 0 Å². The lowest BCUT2D eigenvalue weighted by Gasteiger charge is -2.27. The molecule has 0 saturated carbocycles. The van der Waals surface area contributed by atoms with Gasteiger partial charge in [0, 0.05) is 27.5 Å². The molecule has 2 aromatic rings. The second kappa shape index (κ2) is 7.37. The maximum atomic E-state index is 11.1. The molecular formula is C17H20BrN5O2. The van der Waals surface area contributed by atoms with Crippen molar-refractivity contribution in [2.75, 3.05) is 6.54 Å². The summed E-state index contributed by atoms with van der Waals surface area (Å²) >= 11 is 3.50. The molecule has 7 nitrogen and oxygen atoms in total. The summed E-state index contributed by atoms with van der Waals surface area (Å²) in [5.41, 5.74) is 4.48. The molecule has 3 N–H and O–H groups in total. The first-order chi connectivity index (χ1) is 12.0. The van der Waals surface area contributed by atoms with E-state index in [2.05, 4.69) is 57.2 Å². The zero-order valence-electron chi connectivity index (χ0n) is 14.0. The first-order valence-corrected chi connectivity index (χ1v) is 8.85. The lowest BCUT2D eigenvalue weighted by atomic mass is 10.00. The molecular weight excluding hydrogens is 386 g/mol. The van der Waals surface area contributed by atoms with Gasteiger partial charge in [-0.15, -0.1) is 5.11 Å². The Hall–Kier alpha value is -2.19. The SMILES string of the molecule is CC(C)C(c1cc2cc(Br)ccc2[nH]1)N1C/C(=C/CC(=O)NO)N=N1. The van der Waals surface area contributed by atoms with Crippen molar-refractivity contribution >= 4 is 32.7 Å². The van der Waals surface area contributed by atoms with Crippen LogP contribution in [0.1, 0.15) is 32.0 Å². The van der Waals surface area contributed by atoms with E-state index in [9.17, 15) is 4.79 Å². The van der Waals surface area contributed by atoms with E-state index in [0.29, 0.717) is 18.2 Å². The summed E-state index contributed by atoms with van der Waals surface area (Å²) in [7, 11) is 0. The second-order valence-electron chi connectivity index (χ2n) is 6.37. The minimum Gasteiger partial charge on any atom is -0.357 e. The molecule has 1 aromatic heterocycles. The molecule has 25 heavy (non-hydrogen) atoms. The average Bonchev–Trinajstić information content (AvgIpc) is 3.19. The highest BCUT2D eigenvalue weighted by molar-refractivity contribution is 9.10. The summed E-state index contributed by atoms with van der Waals surface area (Å²) in [5.74, 6) is -0.154. The number of nitrogens with one attached hydrogen (secondary N) is 2. The monoisotopic (exact) mass is 405 g/mol. The summed E-state index contributed by atoms with van der Waals surface area (Å²) in [6.45, 7) is 4.81. The van der Waals surface area contributed by atoms with Crippen LogP contribution in [0.25, 0.3) is 10.9 Å². The van der Waals surface area contributed by atoms with Gasteiger partial charge in [-0.2, -0.15) is 0 Å². The third-order valence-corrected chi connectivity index (χ3v) is 4.63. The van der Waals surface area contributed by atoms with Gasteiger partial charge in [0.25, 0.3) is 0 Å². The van der Waals surface area contributed by atoms with Crippen LogP contribution in [0.5, 0.6) is 0 Å². The van der Waals surface area contributed by atoms with Crippen LogP contribution in [-0.4, -0.2) is 27.7 Å². The molecule has 0 fully saturated rings. The van der Waals surface area contributed by atoms with Crippen molar-refractivity contribution in [3.63, 3.8) is 0 Å². The van der Waals surface area contributed by atoms with Crippen molar-refractivity contribution in [3.8, 4) is 0 Å². The van der Waals surface area contributed by atoms with Crippen molar-refractivity contribution in [2.24, 2.45) is 16.3 Å². The van der Waals surface area contributed by atoms with Gasteiger partial charge >= 0.3 is 0 Å². The van der Waals surface area contributed by atoms with Crippen LogP contribution in [0.15, 0.2) is 50.8 Å². The zero-order chi connectivity index (χ0) is 18.0. The number of carbonyl (C=O) groups is 1. The van der Waals surface area contributed by atoms with Crippen LogP contribution in [0.3, 0.4) is 0 Å². The molecule has 1 unspecified atom stereocenters. The lowest BCUT2D eigenvalue weighted by Crippen LogP contribution is -2.26. The maximum Gasteiger partial charge on any atom is 0.247 e. The van der Waals surface area contributed by atoms with Crippen LogP contribution < -0.4 is 5.48 Å². The molecule has 1 aliphatic rings. The minimum atomic E-state index is -0.470. The molecule has 8 heteroatoms. The number of halogens is 1. The Morgan fingerprint density at radius 1 is 1.48 bits per heavy atom. The number of aromatic nitrogens is 1. The number of H-pyrrole nitrogens is 1. The average molecular weight is 406 g/mol. The summed E-state index contributed by atoms with van der Waals surface area (Å²) in [6, 6.07) is 8.32. The predicted molar refractivity (Wildman–Crippen MR) is 97.8 cm³/mol. The highest BCUT2D eigenvalue weighted by Crippen LogP contribution is 2.34. The number of amides is 1. The third kappa shape index (κ3) is 3.91. The Kier molecular flexibility index (Phi) is 5.19. The number of hydroxylamine groups is 1. The smallest absolute Gasteiger partial charge is 0.247 e. The summed E-state index contributed by atoms with van der Waals surface area (Å²) in [5, 5.41) is 20.0. The quantitative estimate of drug-likeness (QED) is 0.516. The molecule has 2 heterocycles. The first kappa shape index (κ1) is 17.6. The van der Waals surface area contributed by atoms with Gasteiger partial charge in [0.2, 0.25) is 5.91 Å². The van der Waals surface area contributed by atoms with Crippen LogP contribution in [0.2, 0.25) is 0 Å². The number of hydrogen-bond acceptors (Lipinski definition) is 5. The fourth-order valence-electron chi connectivity index (χ4n) is 3.01. The molecule has 0 aliphatic carbocycles.